The van der Waals surface area contributed by atoms with Crippen LogP contribution in [0.25, 0.3) is 0 Å². The first-order chi connectivity index (χ1) is 10.6. The van der Waals surface area contributed by atoms with Crippen molar-refractivity contribution in [3.05, 3.63) is 29.3 Å². The number of hydrogen-bond acceptors (Lipinski definition) is 3. The van der Waals surface area contributed by atoms with Gasteiger partial charge < -0.3 is 5.32 Å². The monoisotopic (exact) mass is 313 g/mol. The third-order valence-corrected chi connectivity index (χ3v) is 6.78. The van der Waals surface area contributed by atoms with Gasteiger partial charge in [0.05, 0.1) is 0 Å². The lowest BCUT2D eigenvalue weighted by atomic mass is 9.64. The SMILES string of the molecule is Cc1cccc(NC(=O)[C@]23CC[C@](C)(C(=O)C2=O)C3(C)C)c1C. The van der Waals surface area contributed by atoms with E-state index in [0.717, 1.165) is 11.1 Å². The van der Waals surface area contributed by atoms with Gasteiger partial charge in [-0.3, -0.25) is 14.4 Å². The first-order valence-electron chi connectivity index (χ1n) is 8.06. The number of Topliss-reactive ketones (excluding diaryl/α,β-unsaturated/α-hetero) is 2. The van der Waals surface area contributed by atoms with Gasteiger partial charge in [-0.05, 0) is 49.3 Å². The molecule has 1 aromatic rings. The Morgan fingerprint density at radius 2 is 1.70 bits per heavy atom. The molecule has 0 radical (unpaired) electrons. The van der Waals surface area contributed by atoms with Gasteiger partial charge in [0.25, 0.3) is 0 Å². The topological polar surface area (TPSA) is 63.2 Å². The van der Waals surface area contributed by atoms with Crippen molar-refractivity contribution in [3.8, 4) is 0 Å². The Kier molecular flexibility index (Phi) is 3.13. The van der Waals surface area contributed by atoms with Gasteiger partial charge in [-0.25, -0.2) is 0 Å². The molecule has 0 unspecified atom stereocenters. The molecule has 1 N–H and O–H groups in total. The molecule has 2 aliphatic rings. The van der Waals surface area contributed by atoms with Gasteiger partial charge in [0.15, 0.2) is 0 Å². The van der Waals surface area contributed by atoms with Crippen LogP contribution in [0.4, 0.5) is 5.69 Å². The molecular formula is C19H23NO3. The molecule has 0 aromatic heterocycles. The fourth-order valence-electron chi connectivity index (χ4n) is 4.39. The Labute approximate surface area is 136 Å². The second-order valence-corrected chi connectivity index (χ2v) is 7.72. The van der Waals surface area contributed by atoms with Crippen molar-refractivity contribution in [2.75, 3.05) is 5.32 Å². The summed E-state index contributed by atoms with van der Waals surface area (Å²) in [6.07, 6.45) is 1.03. The standard InChI is InChI=1S/C19H23NO3/c1-11-7-6-8-13(12(11)2)20-16(23)19-10-9-18(5,17(19,3)4)14(21)15(19)22/h6-8H,9-10H2,1-5H3,(H,20,23)/t18-,19+/m1/s1. The largest absolute Gasteiger partial charge is 0.325 e. The van der Waals surface area contributed by atoms with Gasteiger partial charge in [-0.15, -0.1) is 0 Å². The summed E-state index contributed by atoms with van der Waals surface area (Å²) in [5.41, 5.74) is 0.117. The van der Waals surface area contributed by atoms with Gasteiger partial charge in [-0.1, -0.05) is 32.9 Å². The van der Waals surface area contributed by atoms with E-state index in [4.69, 9.17) is 0 Å². The van der Waals surface area contributed by atoms with Crippen molar-refractivity contribution in [1.82, 2.24) is 0 Å². The number of rotatable bonds is 2. The molecule has 2 fully saturated rings. The first-order valence-corrected chi connectivity index (χ1v) is 8.06. The zero-order chi connectivity index (χ0) is 17.2. The average molecular weight is 313 g/mol. The number of anilines is 1. The highest BCUT2D eigenvalue weighted by Gasteiger charge is 2.77. The number of aryl methyl sites for hydroxylation is 1. The zero-order valence-corrected chi connectivity index (χ0v) is 14.4. The van der Waals surface area contributed by atoms with E-state index < -0.39 is 22.0 Å². The Bertz CT molecular complexity index is 749. The summed E-state index contributed by atoms with van der Waals surface area (Å²) in [6.45, 7) is 9.50. The second-order valence-electron chi connectivity index (χ2n) is 7.72. The number of carbonyl (C=O) groups excluding carboxylic acids is 3. The van der Waals surface area contributed by atoms with Crippen LogP contribution >= 0.6 is 0 Å². The molecule has 2 bridgehead atoms. The Balaban J connectivity index is 2.04. The van der Waals surface area contributed by atoms with E-state index in [1.54, 1.807) is 0 Å². The van der Waals surface area contributed by atoms with Crippen LogP contribution in [0, 0.1) is 30.1 Å². The number of carbonyl (C=O) groups is 3. The maximum atomic E-state index is 13.1. The van der Waals surface area contributed by atoms with Crippen molar-refractivity contribution >= 4 is 23.2 Å². The van der Waals surface area contributed by atoms with Crippen molar-refractivity contribution in [2.24, 2.45) is 16.2 Å². The van der Waals surface area contributed by atoms with Crippen molar-refractivity contribution in [2.45, 2.75) is 47.5 Å². The average Bonchev–Trinajstić information content (AvgIpc) is 2.76. The highest BCUT2D eigenvalue weighted by molar-refractivity contribution is 6.49. The van der Waals surface area contributed by atoms with Crippen molar-refractivity contribution < 1.29 is 14.4 Å². The van der Waals surface area contributed by atoms with Crippen LogP contribution in [0.1, 0.15) is 44.7 Å². The highest BCUT2D eigenvalue weighted by atomic mass is 16.2. The molecule has 4 heteroatoms. The third-order valence-electron chi connectivity index (χ3n) is 6.78. The Morgan fingerprint density at radius 1 is 1.04 bits per heavy atom. The van der Waals surface area contributed by atoms with Crippen LogP contribution in [0.3, 0.4) is 0 Å². The van der Waals surface area contributed by atoms with E-state index in [2.05, 4.69) is 5.32 Å². The van der Waals surface area contributed by atoms with E-state index in [1.807, 2.05) is 52.8 Å². The Hall–Kier alpha value is -1.97. The van der Waals surface area contributed by atoms with Crippen LogP contribution in [0.2, 0.25) is 0 Å². The molecule has 0 aliphatic heterocycles. The fraction of sp³-hybridized carbons (Fsp3) is 0.526. The molecule has 4 nitrogen and oxygen atoms in total. The molecule has 0 saturated heterocycles. The van der Waals surface area contributed by atoms with E-state index in [9.17, 15) is 14.4 Å². The van der Waals surface area contributed by atoms with Gasteiger partial charge in [0, 0.05) is 11.1 Å². The van der Waals surface area contributed by atoms with E-state index in [-0.39, 0.29) is 11.7 Å². The molecule has 122 valence electrons. The van der Waals surface area contributed by atoms with Crippen LogP contribution in [0.15, 0.2) is 18.2 Å². The normalized spacial score (nSPS) is 31.5. The van der Waals surface area contributed by atoms with Crippen LogP contribution in [0.5, 0.6) is 0 Å². The number of hydrogen-bond donors (Lipinski definition) is 1. The predicted molar refractivity (Wildman–Crippen MR) is 88.1 cm³/mol. The van der Waals surface area contributed by atoms with Crippen molar-refractivity contribution in [3.63, 3.8) is 0 Å². The Morgan fingerprint density at radius 3 is 2.26 bits per heavy atom. The number of benzene rings is 1. The highest BCUT2D eigenvalue weighted by Crippen LogP contribution is 2.69. The van der Waals surface area contributed by atoms with Gasteiger partial charge in [0.1, 0.15) is 5.41 Å². The molecule has 1 aromatic carbocycles. The van der Waals surface area contributed by atoms with E-state index in [1.165, 1.54) is 0 Å². The van der Waals surface area contributed by atoms with Crippen LogP contribution in [-0.4, -0.2) is 17.5 Å². The summed E-state index contributed by atoms with van der Waals surface area (Å²) in [4.78, 5) is 38.2. The zero-order valence-electron chi connectivity index (χ0n) is 14.4. The molecular weight excluding hydrogens is 290 g/mol. The summed E-state index contributed by atoms with van der Waals surface area (Å²) in [6, 6.07) is 5.69. The minimum atomic E-state index is -1.24. The van der Waals surface area contributed by atoms with Crippen molar-refractivity contribution in [1.29, 1.82) is 0 Å². The van der Waals surface area contributed by atoms with Gasteiger partial charge >= 0.3 is 0 Å². The molecule has 23 heavy (non-hydrogen) atoms. The van der Waals surface area contributed by atoms with Crippen LogP contribution < -0.4 is 5.32 Å². The molecule has 2 aliphatic carbocycles. The van der Waals surface area contributed by atoms with Crippen LogP contribution in [-0.2, 0) is 14.4 Å². The summed E-state index contributed by atoms with van der Waals surface area (Å²) < 4.78 is 0. The number of amides is 1. The van der Waals surface area contributed by atoms with E-state index in [0.29, 0.717) is 18.5 Å². The summed E-state index contributed by atoms with van der Waals surface area (Å²) in [5, 5.41) is 2.92. The molecule has 1 amide bonds. The predicted octanol–water partition coefficient (Wildman–Crippen LogP) is 3.21. The molecule has 3 rings (SSSR count). The number of fused-ring (bicyclic) bond motifs is 2. The summed E-state index contributed by atoms with van der Waals surface area (Å²) in [7, 11) is 0. The fourth-order valence-corrected chi connectivity index (χ4v) is 4.39. The van der Waals surface area contributed by atoms with E-state index >= 15 is 0 Å². The number of nitrogens with one attached hydrogen (secondary N) is 1. The quantitative estimate of drug-likeness (QED) is 0.673. The molecule has 2 saturated carbocycles. The molecule has 2 atom stereocenters. The van der Waals surface area contributed by atoms with Gasteiger partial charge in [-0.2, -0.15) is 0 Å². The summed E-state index contributed by atoms with van der Waals surface area (Å²) >= 11 is 0. The lowest BCUT2D eigenvalue weighted by Crippen LogP contribution is -2.47. The van der Waals surface area contributed by atoms with Gasteiger partial charge in [0.2, 0.25) is 17.5 Å². The maximum absolute atomic E-state index is 13.1. The summed E-state index contributed by atoms with van der Waals surface area (Å²) in [5.74, 6) is -1.24. The lowest BCUT2D eigenvalue weighted by Gasteiger charge is -2.37. The smallest absolute Gasteiger partial charge is 0.239 e. The molecule has 0 spiro atoms. The minimum absolute atomic E-state index is 0.337. The third kappa shape index (κ3) is 1.64. The molecule has 0 heterocycles. The minimum Gasteiger partial charge on any atom is -0.325 e. The number of ketones is 2. The first kappa shape index (κ1) is 15.9. The second kappa shape index (κ2) is 4.53. The lowest BCUT2D eigenvalue weighted by molar-refractivity contribution is -0.147. The maximum Gasteiger partial charge on any atom is 0.239 e.